The van der Waals surface area contributed by atoms with Crippen LogP contribution in [-0.4, -0.2) is 42.0 Å². The maximum absolute atomic E-state index is 6.14. The maximum Gasteiger partial charge on any atom is 0.223 e. The third-order valence-corrected chi connectivity index (χ3v) is 4.14. The molecule has 0 saturated carbocycles. The Labute approximate surface area is 159 Å². The van der Waals surface area contributed by atoms with Gasteiger partial charge in [0, 0.05) is 25.5 Å². The number of ether oxygens (including phenoxy) is 2. The van der Waals surface area contributed by atoms with Crippen LogP contribution >= 0.6 is 0 Å². The minimum atomic E-state index is 0.113. The van der Waals surface area contributed by atoms with Crippen molar-refractivity contribution in [1.29, 1.82) is 0 Å². The zero-order valence-electron chi connectivity index (χ0n) is 16.1. The second kappa shape index (κ2) is 9.36. The van der Waals surface area contributed by atoms with E-state index in [9.17, 15) is 0 Å². The van der Waals surface area contributed by atoms with Crippen LogP contribution in [0, 0.1) is 13.8 Å². The lowest BCUT2D eigenvalue weighted by molar-refractivity contribution is 0.140. The summed E-state index contributed by atoms with van der Waals surface area (Å²) in [7, 11) is 0. The molecule has 1 fully saturated rings. The summed E-state index contributed by atoms with van der Waals surface area (Å²) in [6, 6.07) is 6.20. The topological polar surface area (TPSA) is 93.8 Å². The smallest absolute Gasteiger partial charge is 0.223 e. The summed E-state index contributed by atoms with van der Waals surface area (Å²) in [4.78, 5) is 8.85. The van der Waals surface area contributed by atoms with Crippen LogP contribution in [0.3, 0.4) is 0 Å². The van der Waals surface area contributed by atoms with Crippen LogP contribution in [0.5, 0.6) is 5.75 Å². The lowest BCUT2D eigenvalue weighted by atomic mass is 10.1. The van der Waals surface area contributed by atoms with Crippen molar-refractivity contribution in [1.82, 2.24) is 20.8 Å². The fourth-order valence-electron chi connectivity index (χ4n) is 2.77. The Morgan fingerprint density at radius 3 is 2.93 bits per heavy atom. The van der Waals surface area contributed by atoms with Crippen molar-refractivity contribution in [2.24, 2.45) is 4.99 Å². The van der Waals surface area contributed by atoms with Crippen molar-refractivity contribution in [3.05, 3.63) is 41.0 Å². The molecule has 8 heteroatoms. The Kier molecular flexibility index (Phi) is 6.64. The first-order chi connectivity index (χ1) is 13.1. The Bertz CT molecular complexity index is 768. The highest BCUT2D eigenvalue weighted by Crippen LogP contribution is 2.24. The van der Waals surface area contributed by atoms with Gasteiger partial charge in [0.25, 0.3) is 0 Å². The van der Waals surface area contributed by atoms with Crippen molar-refractivity contribution in [3.8, 4) is 5.75 Å². The summed E-state index contributed by atoms with van der Waals surface area (Å²) in [5.74, 6) is 2.71. The molecule has 1 unspecified atom stereocenters. The van der Waals surface area contributed by atoms with Crippen LogP contribution in [0.25, 0.3) is 0 Å². The van der Waals surface area contributed by atoms with Gasteiger partial charge in [-0.25, -0.2) is 4.99 Å². The zero-order chi connectivity index (χ0) is 19.1. The number of benzene rings is 1. The van der Waals surface area contributed by atoms with Crippen molar-refractivity contribution in [2.75, 3.05) is 19.8 Å². The molecule has 146 valence electrons. The van der Waals surface area contributed by atoms with E-state index in [2.05, 4.69) is 50.9 Å². The number of hydrogen-bond acceptors (Lipinski definition) is 6. The molecular formula is C19H27N5O3. The minimum absolute atomic E-state index is 0.113. The van der Waals surface area contributed by atoms with Gasteiger partial charge in [0.1, 0.15) is 11.9 Å². The Morgan fingerprint density at radius 2 is 2.22 bits per heavy atom. The molecule has 0 aliphatic carbocycles. The van der Waals surface area contributed by atoms with Crippen molar-refractivity contribution in [3.63, 3.8) is 0 Å². The number of hydrogen-bond donors (Lipinski definition) is 2. The first-order valence-corrected chi connectivity index (χ1v) is 9.29. The molecule has 1 aromatic heterocycles. The summed E-state index contributed by atoms with van der Waals surface area (Å²) in [5.41, 5.74) is 2.20. The second-order valence-corrected chi connectivity index (χ2v) is 6.49. The highest BCUT2D eigenvalue weighted by Gasteiger charge is 2.18. The van der Waals surface area contributed by atoms with E-state index in [4.69, 9.17) is 14.0 Å². The monoisotopic (exact) mass is 373 g/mol. The van der Waals surface area contributed by atoms with Gasteiger partial charge in [-0.15, -0.1) is 0 Å². The van der Waals surface area contributed by atoms with E-state index in [0.29, 0.717) is 37.4 Å². The fourth-order valence-corrected chi connectivity index (χ4v) is 2.77. The van der Waals surface area contributed by atoms with E-state index < -0.39 is 0 Å². The predicted molar refractivity (Wildman–Crippen MR) is 102 cm³/mol. The Balaban J connectivity index is 1.67. The van der Waals surface area contributed by atoms with Gasteiger partial charge in [-0.2, -0.15) is 4.98 Å². The molecule has 1 aromatic carbocycles. The molecule has 0 spiro atoms. The van der Waals surface area contributed by atoms with Gasteiger partial charge in [-0.05, 0) is 25.5 Å². The molecule has 1 atom stereocenters. The van der Waals surface area contributed by atoms with E-state index in [0.717, 1.165) is 36.4 Å². The Hall–Kier alpha value is -2.61. The van der Waals surface area contributed by atoms with E-state index >= 15 is 0 Å². The molecule has 1 saturated heterocycles. The zero-order valence-corrected chi connectivity index (χ0v) is 16.1. The third kappa shape index (κ3) is 5.68. The molecule has 0 bridgehead atoms. The first-order valence-electron chi connectivity index (χ1n) is 9.29. The molecule has 2 aromatic rings. The minimum Gasteiger partial charge on any atom is -0.488 e. The van der Waals surface area contributed by atoms with Gasteiger partial charge in [-0.3, -0.25) is 0 Å². The molecule has 0 amide bonds. The number of aryl methyl sites for hydroxylation is 2. The summed E-state index contributed by atoms with van der Waals surface area (Å²) < 4.78 is 16.5. The number of nitrogens with one attached hydrogen (secondary N) is 2. The molecule has 2 N–H and O–H groups in total. The molecule has 3 rings (SSSR count). The largest absolute Gasteiger partial charge is 0.488 e. The molecule has 8 nitrogen and oxygen atoms in total. The molecule has 1 aliphatic rings. The summed E-state index contributed by atoms with van der Waals surface area (Å²) in [6.45, 7) is 8.96. The lowest BCUT2D eigenvalue weighted by Gasteiger charge is -2.16. The fraction of sp³-hybridized carbons (Fsp3) is 0.526. The normalized spacial score (nSPS) is 17.1. The average molecular weight is 373 g/mol. The van der Waals surface area contributed by atoms with Crippen molar-refractivity contribution >= 4 is 5.96 Å². The van der Waals surface area contributed by atoms with E-state index in [1.165, 1.54) is 0 Å². The van der Waals surface area contributed by atoms with Crippen LogP contribution < -0.4 is 15.4 Å². The number of aromatic nitrogens is 2. The van der Waals surface area contributed by atoms with Crippen LogP contribution in [0.2, 0.25) is 0 Å². The van der Waals surface area contributed by atoms with Crippen LogP contribution in [0.15, 0.2) is 27.7 Å². The number of guanidine groups is 1. The third-order valence-electron chi connectivity index (χ3n) is 4.14. The van der Waals surface area contributed by atoms with Crippen molar-refractivity contribution in [2.45, 2.75) is 46.4 Å². The van der Waals surface area contributed by atoms with E-state index in [1.807, 2.05) is 6.92 Å². The van der Waals surface area contributed by atoms with Gasteiger partial charge < -0.3 is 24.6 Å². The summed E-state index contributed by atoms with van der Waals surface area (Å²) in [6.07, 6.45) is 1.03. The molecule has 27 heavy (non-hydrogen) atoms. The highest BCUT2D eigenvalue weighted by molar-refractivity contribution is 5.79. The van der Waals surface area contributed by atoms with Gasteiger partial charge in [0.15, 0.2) is 11.8 Å². The van der Waals surface area contributed by atoms with E-state index in [1.54, 1.807) is 6.92 Å². The van der Waals surface area contributed by atoms with Gasteiger partial charge in [0.05, 0.1) is 26.3 Å². The van der Waals surface area contributed by atoms with Crippen LogP contribution in [0.1, 0.15) is 36.2 Å². The van der Waals surface area contributed by atoms with E-state index in [-0.39, 0.29) is 6.10 Å². The van der Waals surface area contributed by atoms with Crippen LogP contribution in [0.4, 0.5) is 0 Å². The quantitative estimate of drug-likeness (QED) is 0.567. The van der Waals surface area contributed by atoms with Gasteiger partial charge in [0.2, 0.25) is 5.89 Å². The van der Waals surface area contributed by atoms with Crippen molar-refractivity contribution < 1.29 is 14.0 Å². The molecule has 2 heterocycles. The lowest BCUT2D eigenvalue weighted by Crippen LogP contribution is -2.37. The highest BCUT2D eigenvalue weighted by atomic mass is 16.5. The van der Waals surface area contributed by atoms with Gasteiger partial charge >= 0.3 is 0 Å². The first kappa shape index (κ1) is 19.2. The SMILES string of the molecule is CCNC(=NCc1ccc(C)cc1OC1CCOC1)NCc1noc(C)n1. The Morgan fingerprint density at radius 1 is 1.33 bits per heavy atom. The maximum atomic E-state index is 6.14. The average Bonchev–Trinajstić information content (AvgIpc) is 3.30. The summed E-state index contributed by atoms with van der Waals surface area (Å²) >= 11 is 0. The number of rotatable bonds is 7. The summed E-state index contributed by atoms with van der Waals surface area (Å²) in [5, 5.41) is 10.3. The van der Waals surface area contributed by atoms with Crippen LogP contribution in [-0.2, 0) is 17.8 Å². The second-order valence-electron chi connectivity index (χ2n) is 6.49. The molecule has 1 aliphatic heterocycles. The number of nitrogens with zero attached hydrogens (tertiary/aromatic N) is 3. The number of aliphatic imine (C=N–C) groups is 1. The van der Waals surface area contributed by atoms with Gasteiger partial charge in [-0.1, -0.05) is 17.3 Å². The standard InChI is InChI=1S/C19H27N5O3/c1-4-20-19(22-11-18-23-14(3)27-24-18)21-10-15-6-5-13(2)9-17(15)26-16-7-8-25-12-16/h5-6,9,16H,4,7-8,10-12H2,1-3H3,(H2,20,21,22). The predicted octanol–water partition coefficient (Wildman–Crippen LogP) is 2.11. The molecular weight excluding hydrogens is 346 g/mol. The molecule has 0 radical (unpaired) electrons.